The third kappa shape index (κ3) is 11.1. The summed E-state index contributed by atoms with van der Waals surface area (Å²) in [5, 5.41) is 9.48. The Hall–Kier alpha value is 0.0300. The molecule has 6 nitrogen and oxygen atoms in total. The Balaban J connectivity index is 3.83. The highest BCUT2D eigenvalue weighted by molar-refractivity contribution is 7.52. The molecule has 0 aromatic rings. The van der Waals surface area contributed by atoms with Crippen LogP contribution in [0, 0.1) is 0 Å². The zero-order valence-electron chi connectivity index (χ0n) is 11.8. The summed E-state index contributed by atoms with van der Waals surface area (Å²) in [6.07, 6.45) is -0.552. The van der Waals surface area contributed by atoms with E-state index in [9.17, 15) is 14.6 Å². The smallest absolute Gasteiger partial charge is 0.328 e. The molecule has 0 heterocycles. The molecule has 18 heavy (non-hydrogen) atoms. The zero-order chi connectivity index (χ0) is 14.2. The van der Waals surface area contributed by atoms with Crippen LogP contribution in [-0.4, -0.2) is 74.3 Å². The molecule has 2 atom stereocenters. The molecule has 0 aromatic carbocycles. The largest absolute Gasteiger partial charge is 0.391 e. The Bertz CT molecular complexity index is 267. The first-order chi connectivity index (χ1) is 8.16. The first-order valence-electron chi connectivity index (χ1n) is 6.19. The van der Waals surface area contributed by atoms with E-state index in [-0.39, 0.29) is 25.8 Å². The van der Waals surface area contributed by atoms with Gasteiger partial charge in [0.2, 0.25) is 0 Å². The predicted molar refractivity (Wildman–Crippen MR) is 70.7 cm³/mol. The third-order valence-electron chi connectivity index (χ3n) is 2.31. The number of hydrogen-bond acceptors (Lipinski definition) is 4. The number of hydrogen-bond donors (Lipinski definition) is 2. The molecule has 0 aliphatic heterocycles. The van der Waals surface area contributed by atoms with E-state index >= 15 is 0 Å². The minimum Gasteiger partial charge on any atom is -0.391 e. The highest BCUT2D eigenvalue weighted by atomic mass is 31.2. The quantitative estimate of drug-likeness (QED) is 0.456. The van der Waals surface area contributed by atoms with E-state index < -0.39 is 13.7 Å². The van der Waals surface area contributed by atoms with Crippen molar-refractivity contribution in [1.29, 1.82) is 0 Å². The van der Waals surface area contributed by atoms with Gasteiger partial charge in [-0.05, 0) is 13.3 Å². The van der Waals surface area contributed by atoms with Crippen molar-refractivity contribution in [3.63, 3.8) is 0 Å². The molecule has 0 fully saturated rings. The molecule has 0 saturated heterocycles. The lowest BCUT2D eigenvalue weighted by Gasteiger charge is -2.24. The van der Waals surface area contributed by atoms with Gasteiger partial charge in [-0.15, -0.1) is 0 Å². The number of aliphatic hydroxyl groups excluding tert-OH is 1. The highest BCUT2D eigenvalue weighted by Gasteiger charge is 2.22. The first-order valence-corrected chi connectivity index (χ1v) is 7.95. The van der Waals surface area contributed by atoms with E-state index in [0.29, 0.717) is 17.6 Å². The fourth-order valence-corrected chi connectivity index (χ4v) is 2.29. The fraction of sp³-hybridized carbons (Fsp3) is 1.00. The molecule has 0 aliphatic carbocycles. The topological polar surface area (TPSA) is 76.0 Å². The molecule has 0 saturated carbocycles. The van der Waals surface area contributed by atoms with Crippen LogP contribution in [0.4, 0.5) is 0 Å². The monoisotopic (exact) mass is 284 g/mol. The van der Waals surface area contributed by atoms with Gasteiger partial charge in [0, 0.05) is 6.61 Å². The molecular formula is C11H27NO5P+. The maximum Gasteiger partial charge on any atom is 0.328 e. The summed E-state index contributed by atoms with van der Waals surface area (Å²) < 4.78 is 22.4. The van der Waals surface area contributed by atoms with Crippen molar-refractivity contribution in [3.8, 4) is 0 Å². The van der Waals surface area contributed by atoms with Crippen molar-refractivity contribution in [2.24, 2.45) is 0 Å². The lowest BCUT2D eigenvalue weighted by Crippen LogP contribution is -2.37. The van der Waals surface area contributed by atoms with E-state index in [1.807, 2.05) is 28.1 Å². The van der Waals surface area contributed by atoms with Crippen LogP contribution in [0.3, 0.4) is 0 Å². The van der Waals surface area contributed by atoms with E-state index in [0.717, 1.165) is 0 Å². The van der Waals surface area contributed by atoms with Crippen LogP contribution in [0.15, 0.2) is 0 Å². The fourth-order valence-electron chi connectivity index (χ4n) is 1.17. The van der Waals surface area contributed by atoms with Gasteiger partial charge >= 0.3 is 7.60 Å². The van der Waals surface area contributed by atoms with Crippen LogP contribution >= 0.6 is 7.60 Å². The maximum absolute atomic E-state index is 11.7. The normalized spacial score (nSPS) is 17.4. The van der Waals surface area contributed by atoms with Crippen LogP contribution in [0.5, 0.6) is 0 Å². The Kier molecular flexibility index (Phi) is 8.26. The van der Waals surface area contributed by atoms with Gasteiger partial charge in [-0.2, -0.15) is 0 Å². The minimum atomic E-state index is -3.59. The molecular weight excluding hydrogens is 257 g/mol. The average molecular weight is 284 g/mol. The third-order valence-corrected chi connectivity index (χ3v) is 3.72. The van der Waals surface area contributed by atoms with Crippen LogP contribution in [0.2, 0.25) is 0 Å². The number of ether oxygens (including phenoxy) is 1. The molecule has 0 radical (unpaired) electrons. The molecule has 0 bridgehead atoms. The number of rotatable bonds is 10. The number of likely N-dealkylation sites (N-methyl/N-ethyl adjacent to an activating group) is 1. The number of quaternary nitrogens is 1. The van der Waals surface area contributed by atoms with Crippen molar-refractivity contribution >= 4 is 7.60 Å². The molecule has 7 heteroatoms. The summed E-state index contributed by atoms with van der Waals surface area (Å²) in [6.45, 7) is 3.44. The van der Waals surface area contributed by atoms with Crippen molar-refractivity contribution in [2.45, 2.75) is 19.4 Å². The van der Waals surface area contributed by atoms with Crippen LogP contribution in [0.1, 0.15) is 13.3 Å². The number of aliphatic hydroxyl groups is 1. The van der Waals surface area contributed by atoms with Crippen molar-refractivity contribution < 1.29 is 28.3 Å². The lowest BCUT2D eigenvalue weighted by atomic mass is 10.3. The minimum absolute atomic E-state index is 0.0433. The second kappa shape index (κ2) is 8.25. The van der Waals surface area contributed by atoms with Gasteiger partial charge in [0.25, 0.3) is 0 Å². The van der Waals surface area contributed by atoms with Crippen LogP contribution in [-0.2, 0) is 13.8 Å². The Labute approximate surface area is 110 Å². The number of nitrogens with zero attached hydrogens (tertiary/aromatic N) is 1. The Morgan fingerprint density at radius 3 is 2.44 bits per heavy atom. The standard InChI is InChI=1S/C11H26NO5P/c1-5-16-10-11(13)6-9-18(14,15)17-8-7-12(2,3)4/h11,13H,5-10H2,1-4H3/p+1/t11-/m0/s1. The summed E-state index contributed by atoms with van der Waals surface area (Å²) in [5.41, 5.74) is 0. The van der Waals surface area contributed by atoms with E-state index in [2.05, 4.69) is 0 Å². The van der Waals surface area contributed by atoms with Crippen molar-refractivity contribution in [2.75, 3.05) is 53.7 Å². The first kappa shape index (κ1) is 18.0. The van der Waals surface area contributed by atoms with Gasteiger partial charge in [0.15, 0.2) is 0 Å². The molecule has 110 valence electrons. The second-order valence-corrected chi connectivity index (χ2v) is 7.29. The van der Waals surface area contributed by atoms with E-state index in [4.69, 9.17) is 9.26 Å². The summed E-state index contributed by atoms with van der Waals surface area (Å²) in [5.74, 6) is 0. The molecule has 0 aliphatic rings. The SMILES string of the molecule is CCOC[C@@H](O)CCP(=O)(O)OCC[N+](C)(C)C. The van der Waals surface area contributed by atoms with E-state index in [1.165, 1.54) is 0 Å². The van der Waals surface area contributed by atoms with E-state index in [1.54, 1.807) is 0 Å². The summed E-state index contributed by atoms with van der Waals surface area (Å²) in [7, 11) is 2.36. The van der Waals surface area contributed by atoms with Gasteiger partial charge in [-0.25, -0.2) is 0 Å². The summed E-state index contributed by atoms with van der Waals surface area (Å²) in [6, 6.07) is 0. The Morgan fingerprint density at radius 1 is 1.33 bits per heavy atom. The van der Waals surface area contributed by atoms with Crippen molar-refractivity contribution in [1.82, 2.24) is 0 Å². The van der Waals surface area contributed by atoms with Gasteiger partial charge in [-0.1, -0.05) is 0 Å². The molecule has 0 rings (SSSR count). The van der Waals surface area contributed by atoms with Crippen LogP contribution in [0.25, 0.3) is 0 Å². The van der Waals surface area contributed by atoms with Gasteiger partial charge in [-0.3, -0.25) is 4.57 Å². The molecule has 1 unspecified atom stereocenters. The van der Waals surface area contributed by atoms with Gasteiger partial charge in [0.05, 0.1) is 40.0 Å². The second-order valence-electron chi connectivity index (χ2n) is 5.31. The maximum atomic E-state index is 11.7. The summed E-state index contributed by atoms with van der Waals surface area (Å²) in [4.78, 5) is 9.56. The molecule has 0 amide bonds. The Morgan fingerprint density at radius 2 is 1.94 bits per heavy atom. The molecule has 0 spiro atoms. The van der Waals surface area contributed by atoms with Crippen molar-refractivity contribution in [3.05, 3.63) is 0 Å². The zero-order valence-corrected chi connectivity index (χ0v) is 12.7. The van der Waals surface area contributed by atoms with Gasteiger partial charge < -0.3 is 23.7 Å². The lowest BCUT2D eigenvalue weighted by molar-refractivity contribution is -0.870. The highest BCUT2D eigenvalue weighted by Crippen LogP contribution is 2.42. The average Bonchev–Trinajstić information content (AvgIpc) is 2.21. The molecule has 0 aromatic heterocycles. The summed E-state index contributed by atoms with van der Waals surface area (Å²) >= 11 is 0. The van der Waals surface area contributed by atoms with Crippen LogP contribution < -0.4 is 0 Å². The van der Waals surface area contributed by atoms with Gasteiger partial charge in [0.1, 0.15) is 13.2 Å². The molecule has 2 N–H and O–H groups in total. The predicted octanol–water partition coefficient (Wildman–Crippen LogP) is 0.682.